The second-order valence-corrected chi connectivity index (χ2v) is 6.28. The molecule has 1 N–H and O–H groups in total. The van der Waals surface area contributed by atoms with Gasteiger partial charge in [-0.05, 0) is 37.3 Å². The van der Waals surface area contributed by atoms with Gasteiger partial charge in [0.05, 0.1) is 13.2 Å². The molecule has 0 aliphatic heterocycles. The lowest BCUT2D eigenvalue weighted by Crippen LogP contribution is -2.38. The standard InChI is InChI=1S/C18H31N3O2S.HI/c1-5-19-18(20-11-6-12-23-14-13-22-3)21(2)15-16-7-9-17(24-4)10-8-16;/h7-10H,5-6,11-15H2,1-4H3,(H,19,20);1H. The number of nitrogens with one attached hydrogen (secondary N) is 1. The molecular formula is C18H32IN3O2S. The van der Waals surface area contributed by atoms with Crippen LogP contribution in [0.1, 0.15) is 18.9 Å². The second-order valence-electron chi connectivity index (χ2n) is 5.40. The monoisotopic (exact) mass is 481 g/mol. The molecule has 0 aliphatic rings. The number of thioether (sulfide) groups is 1. The zero-order chi connectivity index (χ0) is 17.6. The Kier molecular flexibility index (Phi) is 15.4. The van der Waals surface area contributed by atoms with Gasteiger partial charge in [0.1, 0.15) is 0 Å². The van der Waals surface area contributed by atoms with Crippen molar-refractivity contribution in [3.8, 4) is 0 Å². The van der Waals surface area contributed by atoms with Gasteiger partial charge < -0.3 is 19.7 Å². The average Bonchev–Trinajstić information content (AvgIpc) is 2.60. The third-order valence-electron chi connectivity index (χ3n) is 3.42. The van der Waals surface area contributed by atoms with Crippen LogP contribution >= 0.6 is 35.7 Å². The maximum atomic E-state index is 5.46. The summed E-state index contributed by atoms with van der Waals surface area (Å²) in [6.45, 7) is 6.54. The van der Waals surface area contributed by atoms with Crippen molar-refractivity contribution in [2.24, 2.45) is 4.99 Å². The fraction of sp³-hybridized carbons (Fsp3) is 0.611. The van der Waals surface area contributed by atoms with Crippen molar-refractivity contribution in [2.45, 2.75) is 24.8 Å². The molecule has 5 nitrogen and oxygen atoms in total. The van der Waals surface area contributed by atoms with Crippen LogP contribution in [0, 0.1) is 0 Å². The molecule has 0 heterocycles. The fourth-order valence-electron chi connectivity index (χ4n) is 2.15. The highest BCUT2D eigenvalue weighted by Crippen LogP contribution is 2.15. The van der Waals surface area contributed by atoms with E-state index in [9.17, 15) is 0 Å². The summed E-state index contributed by atoms with van der Waals surface area (Å²) in [5.74, 6) is 0.934. The number of methoxy groups -OCH3 is 1. The smallest absolute Gasteiger partial charge is 0.193 e. The number of ether oxygens (including phenoxy) is 2. The molecule has 144 valence electrons. The minimum Gasteiger partial charge on any atom is -0.382 e. The van der Waals surface area contributed by atoms with Crippen LogP contribution in [0.15, 0.2) is 34.2 Å². The summed E-state index contributed by atoms with van der Waals surface area (Å²) in [7, 11) is 3.75. The van der Waals surface area contributed by atoms with E-state index >= 15 is 0 Å². The van der Waals surface area contributed by atoms with E-state index in [0.717, 1.165) is 32.0 Å². The molecule has 0 radical (unpaired) electrons. The Balaban J connectivity index is 0.00000576. The minimum absolute atomic E-state index is 0. The molecular weight excluding hydrogens is 449 g/mol. The van der Waals surface area contributed by atoms with E-state index in [0.29, 0.717) is 19.8 Å². The Morgan fingerprint density at radius 3 is 2.52 bits per heavy atom. The van der Waals surface area contributed by atoms with E-state index < -0.39 is 0 Å². The number of guanidine groups is 1. The summed E-state index contributed by atoms with van der Waals surface area (Å²) in [5.41, 5.74) is 1.28. The Hall–Kier alpha value is -0.510. The topological polar surface area (TPSA) is 46.1 Å². The Morgan fingerprint density at radius 1 is 1.20 bits per heavy atom. The second kappa shape index (κ2) is 15.7. The summed E-state index contributed by atoms with van der Waals surface area (Å²) in [5, 5.41) is 3.35. The molecule has 25 heavy (non-hydrogen) atoms. The molecule has 0 amide bonds. The summed E-state index contributed by atoms with van der Waals surface area (Å²) in [6, 6.07) is 8.68. The highest BCUT2D eigenvalue weighted by Gasteiger charge is 2.06. The molecule has 7 heteroatoms. The number of benzene rings is 1. The summed E-state index contributed by atoms with van der Waals surface area (Å²) in [6.07, 6.45) is 3.00. The molecule has 0 aromatic heterocycles. The van der Waals surface area contributed by atoms with Crippen LogP contribution in [0.3, 0.4) is 0 Å². The minimum atomic E-state index is 0. The Bertz CT molecular complexity index is 472. The molecule has 1 aromatic carbocycles. The molecule has 0 aliphatic carbocycles. The van der Waals surface area contributed by atoms with E-state index in [1.807, 2.05) is 0 Å². The summed E-state index contributed by atoms with van der Waals surface area (Å²) >= 11 is 1.76. The largest absolute Gasteiger partial charge is 0.382 e. The van der Waals surface area contributed by atoms with Crippen LogP contribution in [-0.2, 0) is 16.0 Å². The van der Waals surface area contributed by atoms with Crippen molar-refractivity contribution in [3.63, 3.8) is 0 Å². The van der Waals surface area contributed by atoms with Gasteiger partial charge in [0.25, 0.3) is 0 Å². The molecule has 0 saturated heterocycles. The van der Waals surface area contributed by atoms with Gasteiger partial charge in [-0.1, -0.05) is 12.1 Å². The van der Waals surface area contributed by atoms with Gasteiger partial charge in [-0.15, -0.1) is 35.7 Å². The molecule has 1 rings (SSSR count). The Labute approximate surface area is 174 Å². The van der Waals surface area contributed by atoms with E-state index in [4.69, 9.17) is 9.47 Å². The molecule has 1 aromatic rings. The van der Waals surface area contributed by atoms with Gasteiger partial charge in [-0.25, -0.2) is 0 Å². The quantitative estimate of drug-likeness (QED) is 0.173. The van der Waals surface area contributed by atoms with Gasteiger partial charge in [-0.3, -0.25) is 4.99 Å². The lowest BCUT2D eigenvalue weighted by Gasteiger charge is -2.22. The maximum Gasteiger partial charge on any atom is 0.193 e. The van der Waals surface area contributed by atoms with Crippen molar-refractivity contribution in [3.05, 3.63) is 29.8 Å². The first kappa shape index (κ1) is 24.5. The maximum absolute atomic E-state index is 5.46. The van der Waals surface area contributed by atoms with Crippen LogP contribution in [0.4, 0.5) is 0 Å². The van der Waals surface area contributed by atoms with E-state index in [1.54, 1.807) is 18.9 Å². The lowest BCUT2D eigenvalue weighted by molar-refractivity contribution is 0.0702. The van der Waals surface area contributed by atoms with Gasteiger partial charge in [-0.2, -0.15) is 0 Å². The number of nitrogens with zero attached hydrogens (tertiary/aromatic N) is 2. The average molecular weight is 481 g/mol. The number of hydrogen-bond acceptors (Lipinski definition) is 4. The Morgan fingerprint density at radius 2 is 1.92 bits per heavy atom. The van der Waals surface area contributed by atoms with Crippen LogP contribution in [0.2, 0.25) is 0 Å². The zero-order valence-electron chi connectivity index (χ0n) is 15.8. The first-order valence-corrected chi connectivity index (χ1v) is 9.62. The van der Waals surface area contributed by atoms with Crippen LogP contribution in [0.5, 0.6) is 0 Å². The van der Waals surface area contributed by atoms with Crippen molar-refractivity contribution in [1.29, 1.82) is 0 Å². The highest BCUT2D eigenvalue weighted by atomic mass is 127. The molecule has 0 bridgehead atoms. The third kappa shape index (κ3) is 10.9. The molecule has 0 fully saturated rings. The van der Waals surface area contributed by atoms with Crippen molar-refractivity contribution in [1.82, 2.24) is 10.2 Å². The van der Waals surface area contributed by atoms with Crippen LogP contribution < -0.4 is 5.32 Å². The predicted molar refractivity (Wildman–Crippen MR) is 118 cm³/mol. The normalized spacial score (nSPS) is 11.1. The van der Waals surface area contributed by atoms with Gasteiger partial charge in [0.2, 0.25) is 0 Å². The zero-order valence-corrected chi connectivity index (χ0v) is 18.9. The van der Waals surface area contributed by atoms with Gasteiger partial charge in [0, 0.05) is 45.3 Å². The number of aliphatic imine (C=N–C) groups is 1. The number of hydrogen-bond donors (Lipinski definition) is 1. The van der Waals surface area contributed by atoms with E-state index in [2.05, 4.69) is 59.7 Å². The van der Waals surface area contributed by atoms with E-state index in [1.165, 1.54) is 10.5 Å². The molecule has 0 atom stereocenters. The third-order valence-corrected chi connectivity index (χ3v) is 4.16. The predicted octanol–water partition coefficient (Wildman–Crippen LogP) is 3.48. The summed E-state index contributed by atoms with van der Waals surface area (Å²) < 4.78 is 10.4. The van der Waals surface area contributed by atoms with Crippen molar-refractivity contribution in [2.75, 3.05) is 53.3 Å². The van der Waals surface area contributed by atoms with Crippen molar-refractivity contribution < 1.29 is 9.47 Å². The molecule has 0 unspecified atom stereocenters. The lowest BCUT2D eigenvalue weighted by atomic mass is 10.2. The van der Waals surface area contributed by atoms with E-state index in [-0.39, 0.29) is 24.0 Å². The highest BCUT2D eigenvalue weighted by molar-refractivity contribution is 14.0. The first-order chi connectivity index (χ1) is 11.7. The van der Waals surface area contributed by atoms with Gasteiger partial charge >= 0.3 is 0 Å². The summed E-state index contributed by atoms with van der Waals surface area (Å²) in [4.78, 5) is 8.12. The van der Waals surface area contributed by atoms with Gasteiger partial charge in [0.15, 0.2) is 5.96 Å². The first-order valence-electron chi connectivity index (χ1n) is 8.40. The van der Waals surface area contributed by atoms with Crippen LogP contribution in [0.25, 0.3) is 0 Å². The molecule has 0 saturated carbocycles. The molecule has 0 spiro atoms. The fourth-order valence-corrected chi connectivity index (χ4v) is 2.55. The number of rotatable bonds is 11. The van der Waals surface area contributed by atoms with Crippen molar-refractivity contribution >= 4 is 41.7 Å². The number of halogens is 1. The van der Waals surface area contributed by atoms with Crippen LogP contribution in [-0.4, -0.2) is 64.2 Å². The SMILES string of the molecule is CCNC(=NCCCOCCOC)N(C)Cc1ccc(SC)cc1.I.